The summed E-state index contributed by atoms with van der Waals surface area (Å²) in [5.74, 6) is 0.168. The van der Waals surface area contributed by atoms with Crippen molar-refractivity contribution in [3.05, 3.63) is 35.4 Å². The minimum atomic E-state index is -0.831. The molecule has 210 valence electrons. The fourth-order valence-electron chi connectivity index (χ4n) is 3.89. The van der Waals surface area contributed by atoms with E-state index >= 15 is 0 Å². The molecule has 2 N–H and O–H groups in total. The van der Waals surface area contributed by atoms with Crippen molar-refractivity contribution in [1.29, 1.82) is 0 Å². The standard InChI is InChI=1S/C29H49N3O4S/c1-10-13-19-30-25(33)24(22-16-14-21(11-2)15-17-22)32(29(7,8)12-3)26(34)23(18-20-37-9)31-27(35)36-28(4,5)6/h14-17,23-24H,10-13,18-20H2,1-9H3,(H,30,33)(H,31,35). The fraction of sp³-hybridized carbons (Fsp3) is 0.690. The number of unbranched alkanes of at least 4 members (excludes halogenated alkanes) is 1. The molecule has 8 heteroatoms. The van der Waals surface area contributed by atoms with Crippen LogP contribution in [0.15, 0.2) is 24.3 Å². The van der Waals surface area contributed by atoms with E-state index in [4.69, 9.17) is 4.74 Å². The number of benzene rings is 1. The van der Waals surface area contributed by atoms with Crippen molar-refractivity contribution >= 4 is 29.7 Å². The zero-order chi connectivity index (χ0) is 28.2. The molecule has 2 unspecified atom stereocenters. The van der Waals surface area contributed by atoms with Crippen molar-refractivity contribution in [2.45, 2.75) is 111 Å². The van der Waals surface area contributed by atoms with Crippen molar-refractivity contribution in [3.8, 4) is 0 Å². The van der Waals surface area contributed by atoms with E-state index in [0.717, 1.165) is 30.4 Å². The van der Waals surface area contributed by atoms with Crippen LogP contribution < -0.4 is 10.6 Å². The Labute approximate surface area is 228 Å². The van der Waals surface area contributed by atoms with Gasteiger partial charge in [0.05, 0.1) is 0 Å². The molecule has 2 atom stereocenters. The molecule has 0 saturated heterocycles. The van der Waals surface area contributed by atoms with E-state index in [2.05, 4.69) is 24.5 Å². The van der Waals surface area contributed by atoms with Gasteiger partial charge in [0.1, 0.15) is 17.7 Å². The molecular formula is C29H49N3O4S. The minimum Gasteiger partial charge on any atom is -0.444 e. The van der Waals surface area contributed by atoms with E-state index in [9.17, 15) is 14.4 Å². The lowest BCUT2D eigenvalue weighted by Crippen LogP contribution is -2.59. The molecule has 0 aliphatic carbocycles. The molecule has 0 radical (unpaired) electrons. The normalized spacial score (nSPS) is 13.4. The maximum Gasteiger partial charge on any atom is 0.408 e. The van der Waals surface area contributed by atoms with Gasteiger partial charge in [-0.2, -0.15) is 11.8 Å². The second kappa shape index (κ2) is 15.3. The van der Waals surface area contributed by atoms with Crippen LogP contribution in [0, 0.1) is 0 Å². The van der Waals surface area contributed by atoms with Gasteiger partial charge in [0.25, 0.3) is 0 Å². The highest BCUT2D eigenvalue weighted by Crippen LogP contribution is 2.33. The topological polar surface area (TPSA) is 87.7 Å². The highest BCUT2D eigenvalue weighted by Gasteiger charge is 2.42. The molecule has 0 fully saturated rings. The molecule has 7 nitrogen and oxygen atoms in total. The first-order chi connectivity index (χ1) is 17.3. The summed E-state index contributed by atoms with van der Waals surface area (Å²) >= 11 is 1.60. The van der Waals surface area contributed by atoms with Crippen LogP contribution in [-0.4, -0.2) is 58.5 Å². The van der Waals surface area contributed by atoms with Crippen LogP contribution in [0.1, 0.15) is 98.2 Å². The van der Waals surface area contributed by atoms with Gasteiger partial charge in [0.2, 0.25) is 11.8 Å². The van der Waals surface area contributed by atoms with Crippen molar-refractivity contribution in [3.63, 3.8) is 0 Å². The summed E-state index contributed by atoms with van der Waals surface area (Å²) in [6.45, 7) is 16.0. The van der Waals surface area contributed by atoms with Gasteiger partial charge in [-0.15, -0.1) is 0 Å². The van der Waals surface area contributed by atoms with Crippen LogP contribution in [0.5, 0.6) is 0 Å². The van der Waals surface area contributed by atoms with E-state index in [-0.39, 0.29) is 11.8 Å². The molecule has 1 aromatic carbocycles. The Balaban J connectivity index is 3.57. The number of nitrogens with one attached hydrogen (secondary N) is 2. The Morgan fingerprint density at radius 2 is 1.65 bits per heavy atom. The van der Waals surface area contributed by atoms with Gasteiger partial charge in [-0.25, -0.2) is 4.79 Å². The summed E-state index contributed by atoms with van der Waals surface area (Å²) in [5, 5.41) is 5.85. The number of carbonyl (C=O) groups excluding carboxylic acids is 3. The van der Waals surface area contributed by atoms with Gasteiger partial charge in [0, 0.05) is 12.1 Å². The van der Waals surface area contributed by atoms with E-state index in [1.54, 1.807) is 37.4 Å². The molecule has 1 rings (SSSR count). The molecule has 0 heterocycles. The van der Waals surface area contributed by atoms with E-state index in [1.807, 2.05) is 51.3 Å². The smallest absolute Gasteiger partial charge is 0.408 e. The molecule has 0 saturated carbocycles. The number of alkyl carbamates (subject to hydrolysis) is 1. The number of thioether (sulfide) groups is 1. The maximum atomic E-state index is 14.3. The highest BCUT2D eigenvalue weighted by molar-refractivity contribution is 7.98. The van der Waals surface area contributed by atoms with Crippen molar-refractivity contribution < 1.29 is 19.1 Å². The van der Waals surface area contributed by atoms with Gasteiger partial charge in [-0.3, -0.25) is 9.59 Å². The molecule has 37 heavy (non-hydrogen) atoms. The van der Waals surface area contributed by atoms with Crippen LogP contribution in [0.25, 0.3) is 0 Å². The van der Waals surface area contributed by atoms with Gasteiger partial charge < -0.3 is 20.3 Å². The predicted molar refractivity (Wildman–Crippen MR) is 154 cm³/mol. The Bertz CT molecular complexity index is 865. The first kappa shape index (κ1) is 32.8. The third-order valence-electron chi connectivity index (χ3n) is 6.39. The van der Waals surface area contributed by atoms with Crippen molar-refractivity contribution in [2.75, 3.05) is 18.6 Å². The molecule has 0 bridgehead atoms. The molecule has 0 aliphatic rings. The van der Waals surface area contributed by atoms with Crippen LogP contribution >= 0.6 is 11.8 Å². The quantitative estimate of drug-likeness (QED) is 0.291. The summed E-state index contributed by atoms with van der Waals surface area (Å²) in [4.78, 5) is 42.4. The lowest BCUT2D eigenvalue weighted by Gasteiger charge is -2.44. The number of aryl methyl sites for hydroxylation is 1. The third kappa shape index (κ3) is 10.6. The highest BCUT2D eigenvalue weighted by atomic mass is 32.2. The lowest BCUT2D eigenvalue weighted by molar-refractivity contribution is -0.149. The number of carbonyl (C=O) groups is 3. The van der Waals surface area contributed by atoms with Gasteiger partial charge in [0.15, 0.2) is 0 Å². The first-order valence-electron chi connectivity index (χ1n) is 13.5. The Morgan fingerprint density at radius 3 is 2.14 bits per heavy atom. The summed E-state index contributed by atoms with van der Waals surface area (Å²) in [7, 11) is 0. The Hall–Kier alpha value is -2.22. The Kier molecular flexibility index (Phi) is 13.5. The molecular weight excluding hydrogens is 486 g/mol. The van der Waals surface area contributed by atoms with Gasteiger partial charge >= 0.3 is 6.09 Å². The summed E-state index contributed by atoms with van der Waals surface area (Å²) < 4.78 is 5.47. The van der Waals surface area contributed by atoms with Crippen LogP contribution in [0.2, 0.25) is 0 Å². The van der Waals surface area contributed by atoms with Crippen LogP contribution in [-0.2, 0) is 20.7 Å². The van der Waals surface area contributed by atoms with E-state index in [0.29, 0.717) is 25.1 Å². The zero-order valence-electron chi connectivity index (χ0n) is 24.4. The number of hydrogen-bond donors (Lipinski definition) is 2. The number of hydrogen-bond acceptors (Lipinski definition) is 5. The summed E-state index contributed by atoms with van der Waals surface area (Å²) in [6.07, 6.45) is 5.07. The second-order valence-corrected chi connectivity index (χ2v) is 12.0. The maximum absolute atomic E-state index is 14.3. The average molecular weight is 536 g/mol. The first-order valence-corrected chi connectivity index (χ1v) is 14.9. The molecule has 3 amide bonds. The van der Waals surface area contributed by atoms with Crippen LogP contribution in [0.3, 0.4) is 0 Å². The number of amides is 3. The number of rotatable bonds is 14. The monoisotopic (exact) mass is 535 g/mol. The SMILES string of the molecule is CCCCNC(=O)C(c1ccc(CC)cc1)N(C(=O)C(CCSC)NC(=O)OC(C)(C)C)C(C)(C)CC. The van der Waals surface area contributed by atoms with Crippen molar-refractivity contribution in [1.82, 2.24) is 15.5 Å². The second-order valence-electron chi connectivity index (χ2n) is 11.0. The molecule has 0 aliphatic heterocycles. The zero-order valence-corrected chi connectivity index (χ0v) is 25.2. The van der Waals surface area contributed by atoms with E-state index < -0.39 is 29.3 Å². The number of ether oxygens (including phenoxy) is 1. The van der Waals surface area contributed by atoms with Crippen LogP contribution in [0.4, 0.5) is 4.79 Å². The molecule has 0 spiro atoms. The largest absolute Gasteiger partial charge is 0.444 e. The average Bonchev–Trinajstić information content (AvgIpc) is 2.83. The van der Waals surface area contributed by atoms with Gasteiger partial charge in [-0.1, -0.05) is 51.5 Å². The molecule has 0 aromatic heterocycles. The third-order valence-corrected chi connectivity index (χ3v) is 7.04. The lowest BCUT2D eigenvalue weighted by atomic mass is 9.91. The minimum absolute atomic E-state index is 0.214. The fourth-order valence-corrected chi connectivity index (χ4v) is 4.37. The summed E-state index contributed by atoms with van der Waals surface area (Å²) in [6, 6.07) is 6.23. The van der Waals surface area contributed by atoms with Crippen molar-refractivity contribution in [2.24, 2.45) is 0 Å². The Morgan fingerprint density at radius 1 is 1.03 bits per heavy atom. The number of nitrogens with zero attached hydrogens (tertiary/aromatic N) is 1. The predicted octanol–water partition coefficient (Wildman–Crippen LogP) is 5.87. The molecule has 1 aromatic rings. The summed E-state index contributed by atoms with van der Waals surface area (Å²) in [5.41, 5.74) is 0.566. The van der Waals surface area contributed by atoms with Gasteiger partial charge in [-0.05, 0) is 83.4 Å². The van der Waals surface area contributed by atoms with E-state index in [1.165, 1.54) is 0 Å².